The van der Waals surface area contributed by atoms with Crippen molar-refractivity contribution < 1.29 is 4.74 Å². The van der Waals surface area contributed by atoms with Crippen molar-refractivity contribution in [3.63, 3.8) is 0 Å². The summed E-state index contributed by atoms with van der Waals surface area (Å²) in [5.74, 6) is 0.995. The lowest BCUT2D eigenvalue weighted by Gasteiger charge is -2.12. The highest BCUT2D eigenvalue weighted by molar-refractivity contribution is 9.10. The average Bonchev–Trinajstić information content (AvgIpc) is 3.01. The Kier molecular flexibility index (Phi) is 3.12. The number of para-hydroxylation sites is 1. The first-order chi connectivity index (χ1) is 10.2. The Balaban J connectivity index is 1.68. The summed E-state index contributed by atoms with van der Waals surface area (Å²) in [6.45, 7) is 0.754. The Morgan fingerprint density at radius 2 is 2.14 bits per heavy atom. The van der Waals surface area contributed by atoms with Gasteiger partial charge in [-0.3, -0.25) is 0 Å². The topological polar surface area (TPSA) is 29.9 Å². The van der Waals surface area contributed by atoms with Gasteiger partial charge in [-0.1, -0.05) is 34.1 Å². The first kappa shape index (κ1) is 13.1. The molecule has 4 rings (SSSR count). The Hall–Kier alpha value is -1.59. The molecule has 0 radical (unpaired) electrons. The maximum Gasteiger partial charge on any atom is 0.178 e. The zero-order valence-corrected chi connectivity index (χ0v) is 13.6. The van der Waals surface area contributed by atoms with E-state index in [1.807, 2.05) is 24.3 Å². The van der Waals surface area contributed by atoms with E-state index in [2.05, 4.69) is 43.7 Å². The molecular formula is C16H13BrN2OS. The predicted molar refractivity (Wildman–Crippen MR) is 89.4 cm³/mol. The van der Waals surface area contributed by atoms with Crippen LogP contribution in [0.3, 0.4) is 0 Å². The molecule has 2 heterocycles. The van der Waals surface area contributed by atoms with E-state index < -0.39 is 0 Å². The fourth-order valence-corrected chi connectivity index (χ4v) is 3.50. The second kappa shape index (κ2) is 5.00. The van der Waals surface area contributed by atoms with Crippen molar-refractivity contribution in [1.29, 1.82) is 0 Å². The van der Waals surface area contributed by atoms with Crippen LogP contribution in [-0.4, -0.2) is 15.7 Å². The molecule has 1 N–H and O–H groups in total. The van der Waals surface area contributed by atoms with E-state index in [0.717, 1.165) is 39.0 Å². The fourth-order valence-electron chi connectivity index (χ4n) is 2.87. The number of ether oxygens (including phenoxy) is 1. The van der Waals surface area contributed by atoms with E-state index >= 15 is 0 Å². The van der Waals surface area contributed by atoms with Gasteiger partial charge in [0.05, 0.1) is 17.6 Å². The second-order valence-corrected chi connectivity index (χ2v) is 6.56. The lowest BCUT2D eigenvalue weighted by atomic mass is 10.1. The van der Waals surface area contributed by atoms with Gasteiger partial charge in [0.25, 0.3) is 0 Å². The molecule has 0 fully saturated rings. The molecule has 21 heavy (non-hydrogen) atoms. The van der Waals surface area contributed by atoms with Crippen LogP contribution < -0.4 is 4.74 Å². The number of fused-ring (bicyclic) bond motifs is 2. The molecule has 1 aliphatic heterocycles. The van der Waals surface area contributed by atoms with Crippen molar-refractivity contribution in [2.24, 2.45) is 0 Å². The monoisotopic (exact) mass is 360 g/mol. The summed E-state index contributed by atoms with van der Waals surface area (Å²) in [5.41, 5.74) is 3.43. The zero-order valence-electron chi connectivity index (χ0n) is 11.2. The van der Waals surface area contributed by atoms with Crippen LogP contribution >= 0.6 is 28.1 Å². The summed E-state index contributed by atoms with van der Waals surface area (Å²) < 4.78 is 9.93. The molecule has 0 spiro atoms. The Labute approximate surface area is 135 Å². The molecule has 0 saturated heterocycles. The molecule has 2 aromatic carbocycles. The van der Waals surface area contributed by atoms with Gasteiger partial charge < -0.3 is 14.3 Å². The van der Waals surface area contributed by atoms with Crippen molar-refractivity contribution in [3.8, 4) is 5.75 Å². The van der Waals surface area contributed by atoms with E-state index in [4.69, 9.17) is 17.0 Å². The summed E-state index contributed by atoms with van der Waals surface area (Å²) in [5, 5.41) is 0. The molecule has 0 aliphatic carbocycles. The highest BCUT2D eigenvalue weighted by Crippen LogP contribution is 2.29. The van der Waals surface area contributed by atoms with Gasteiger partial charge in [0.15, 0.2) is 4.77 Å². The number of H-pyrrole nitrogens is 1. The van der Waals surface area contributed by atoms with E-state index in [9.17, 15) is 0 Å². The van der Waals surface area contributed by atoms with Crippen LogP contribution in [0.15, 0.2) is 46.9 Å². The number of aromatic amines is 1. The van der Waals surface area contributed by atoms with Crippen LogP contribution in [-0.2, 0) is 13.0 Å². The van der Waals surface area contributed by atoms with Crippen LogP contribution in [0.4, 0.5) is 0 Å². The number of hydrogen-bond donors (Lipinski definition) is 1. The van der Waals surface area contributed by atoms with Crippen LogP contribution in [0, 0.1) is 4.77 Å². The number of imidazole rings is 1. The van der Waals surface area contributed by atoms with Gasteiger partial charge in [0.2, 0.25) is 0 Å². The minimum atomic E-state index is 0.132. The van der Waals surface area contributed by atoms with Gasteiger partial charge in [0.1, 0.15) is 11.9 Å². The molecule has 1 atom stereocenters. The highest BCUT2D eigenvalue weighted by Gasteiger charge is 2.23. The molecule has 0 saturated carbocycles. The molecule has 5 heteroatoms. The van der Waals surface area contributed by atoms with Crippen LogP contribution in [0.25, 0.3) is 11.0 Å². The van der Waals surface area contributed by atoms with E-state index in [-0.39, 0.29) is 6.10 Å². The van der Waals surface area contributed by atoms with E-state index in [1.165, 1.54) is 5.56 Å². The summed E-state index contributed by atoms with van der Waals surface area (Å²) in [7, 11) is 0. The van der Waals surface area contributed by atoms with Crippen LogP contribution in [0.5, 0.6) is 5.75 Å². The van der Waals surface area contributed by atoms with Crippen molar-refractivity contribution in [3.05, 3.63) is 57.3 Å². The predicted octanol–water partition coefficient (Wildman–Crippen LogP) is 4.47. The Morgan fingerprint density at radius 1 is 1.29 bits per heavy atom. The molecule has 0 bridgehead atoms. The molecule has 1 aromatic heterocycles. The summed E-state index contributed by atoms with van der Waals surface area (Å²) in [4.78, 5) is 3.25. The van der Waals surface area contributed by atoms with Gasteiger partial charge in [-0.15, -0.1) is 0 Å². The number of nitrogens with zero attached hydrogens (tertiary/aromatic N) is 1. The molecule has 0 amide bonds. The van der Waals surface area contributed by atoms with Crippen molar-refractivity contribution in [1.82, 2.24) is 9.55 Å². The second-order valence-electron chi connectivity index (χ2n) is 5.25. The Bertz CT molecular complexity index is 858. The number of rotatable bonds is 2. The third-order valence-electron chi connectivity index (χ3n) is 3.84. The number of hydrogen-bond acceptors (Lipinski definition) is 2. The Morgan fingerprint density at radius 3 is 3.00 bits per heavy atom. The van der Waals surface area contributed by atoms with Crippen molar-refractivity contribution >= 4 is 39.2 Å². The average molecular weight is 361 g/mol. The summed E-state index contributed by atoms with van der Waals surface area (Å²) in [6, 6.07) is 14.4. The molecule has 1 unspecified atom stereocenters. The van der Waals surface area contributed by atoms with Gasteiger partial charge >= 0.3 is 0 Å². The molecule has 3 aromatic rings. The third kappa shape index (κ3) is 2.30. The summed E-state index contributed by atoms with van der Waals surface area (Å²) in [6.07, 6.45) is 1.06. The number of aromatic nitrogens is 2. The molecule has 1 aliphatic rings. The van der Waals surface area contributed by atoms with E-state index in [1.54, 1.807) is 0 Å². The zero-order chi connectivity index (χ0) is 14.4. The standard InChI is InChI=1S/C16H13BrN2OS/c17-11-5-6-13-14(8-11)19(16(21)18-13)9-12-7-10-3-1-2-4-15(10)20-12/h1-6,8,12H,7,9H2,(H,18,21). The van der Waals surface area contributed by atoms with Gasteiger partial charge in [-0.05, 0) is 42.0 Å². The first-order valence-corrected chi connectivity index (χ1v) is 8.03. The van der Waals surface area contributed by atoms with Gasteiger partial charge in [0, 0.05) is 10.9 Å². The smallest absolute Gasteiger partial charge is 0.178 e. The minimum absolute atomic E-state index is 0.132. The van der Waals surface area contributed by atoms with Crippen molar-refractivity contribution in [2.45, 2.75) is 19.1 Å². The normalized spacial score (nSPS) is 16.9. The third-order valence-corrected chi connectivity index (χ3v) is 4.65. The maximum atomic E-state index is 6.02. The van der Waals surface area contributed by atoms with Crippen LogP contribution in [0.1, 0.15) is 5.56 Å². The minimum Gasteiger partial charge on any atom is -0.488 e. The maximum absolute atomic E-state index is 6.02. The lowest BCUT2D eigenvalue weighted by molar-refractivity contribution is 0.210. The van der Waals surface area contributed by atoms with E-state index in [0.29, 0.717) is 0 Å². The fraction of sp³-hybridized carbons (Fsp3) is 0.188. The SMILES string of the molecule is S=c1[nH]c2ccc(Br)cc2n1CC1Cc2ccccc2O1. The first-order valence-electron chi connectivity index (χ1n) is 6.83. The van der Waals surface area contributed by atoms with Gasteiger partial charge in [-0.25, -0.2) is 0 Å². The number of nitrogens with one attached hydrogen (secondary N) is 1. The van der Waals surface area contributed by atoms with Crippen LogP contribution in [0.2, 0.25) is 0 Å². The molecule has 3 nitrogen and oxygen atoms in total. The quantitative estimate of drug-likeness (QED) is 0.683. The molecular weight excluding hydrogens is 348 g/mol. The van der Waals surface area contributed by atoms with Gasteiger partial charge in [-0.2, -0.15) is 0 Å². The number of halogens is 1. The number of benzene rings is 2. The summed E-state index contributed by atoms with van der Waals surface area (Å²) >= 11 is 8.97. The lowest BCUT2D eigenvalue weighted by Crippen LogP contribution is -2.20. The highest BCUT2D eigenvalue weighted by atomic mass is 79.9. The molecule has 106 valence electrons. The van der Waals surface area contributed by atoms with Crippen molar-refractivity contribution in [2.75, 3.05) is 0 Å². The largest absolute Gasteiger partial charge is 0.488 e.